The van der Waals surface area contributed by atoms with E-state index in [0.717, 1.165) is 16.6 Å². The predicted molar refractivity (Wildman–Crippen MR) is 134 cm³/mol. The standard InChI is InChI=1S/C25H21ClN4O4S/c26-19-11-9-17(10-12-19)14-30-21-7-3-2-6-20(21)28-25(30)35-16-23(31)29-27-13-18-5-1-4-8-22(18)34-15-24(32)33/h1-13H,14-16H2,(H,29,31)(H,32,33)/p-1/b27-13-. The number of nitrogens with zero attached hydrogens (tertiary/aromatic N) is 3. The maximum Gasteiger partial charge on any atom is 0.250 e. The molecule has 0 spiro atoms. The molecule has 1 N–H and O–H groups in total. The molecular weight excluding hydrogens is 488 g/mol. The zero-order valence-corrected chi connectivity index (χ0v) is 20.0. The molecule has 0 saturated carbocycles. The van der Waals surface area contributed by atoms with E-state index in [1.54, 1.807) is 24.3 Å². The van der Waals surface area contributed by atoms with Crippen molar-refractivity contribution >= 4 is 52.5 Å². The van der Waals surface area contributed by atoms with Crippen LogP contribution in [0.5, 0.6) is 5.75 Å². The molecule has 4 aromatic rings. The highest BCUT2D eigenvalue weighted by Gasteiger charge is 2.13. The smallest absolute Gasteiger partial charge is 0.250 e. The normalized spacial score (nSPS) is 11.1. The van der Waals surface area contributed by atoms with Crippen LogP contribution in [-0.4, -0.2) is 40.0 Å². The number of imidazole rings is 1. The summed E-state index contributed by atoms with van der Waals surface area (Å²) in [6, 6.07) is 22.1. The van der Waals surface area contributed by atoms with Crippen molar-refractivity contribution in [2.24, 2.45) is 5.10 Å². The van der Waals surface area contributed by atoms with Gasteiger partial charge in [0.05, 0.1) is 35.5 Å². The fourth-order valence-corrected chi connectivity index (χ4v) is 4.21. The molecule has 178 valence electrons. The molecule has 0 atom stereocenters. The number of rotatable bonds is 10. The first-order valence-electron chi connectivity index (χ1n) is 10.6. The first kappa shape index (κ1) is 24.3. The SMILES string of the molecule is O=C([O-])COc1ccccc1/C=N\NC(=O)CSc1nc2ccccc2n1Cc1ccc(Cl)cc1. The van der Waals surface area contributed by atoms with Crippen molar-refractivity contribution in [3.05, 3.63) is 88.9 Å². The molecule has 0 unspecified atom stereocenters. The highest BCUT2D eigenvalue weighted by Crippen LogP contribution is 2.25. The summed E-state index contributed by atoms with van der Waals surface area (Å²) in [5, 5.41) is 16.0. The second-order valence-corrected chi connectivity index (χ2v) is 8.76. The summed E-state index contributed by atoms with van der Waals surface area (Å²) < 4.78 is 7.23. The Morgan fingerprint density at radius 2 is 1.83 bits per heavy atom. The minimum absolute atomic E-state index is 0.101. The lowest BCUT2D eigenvalue weighted by molar-refractivity contribution is -0.307. The highest BCUT2D eigenvalue weighted by atomic mass is 35.5. The van der Waals surface area contributed by atoms with Gasteiger partial charge in [-0.15, -0.1) is 0 Å². The van der Waals surface area contributed by atoms with E-state index >= 15 is 0 Å². The largest absolute Gasteiger partial charge is 0.546 e. The van der Waals surface area contributed by atoms with Crippen molar-refractivity contribution in [1.82, 2.24) is 15.0 Å². The van der Waals surface area contributed by atoms with Crippen molar-refractivity contribution < 1.29 is 19.4 Å². The van der Waals surface area contributed by atoms with Crippen LogP contribution in [-0.2, 0) is 16.1 Å². The molecule has 0 aliphatic rings. The number of fused-ring (bicyclic) bond motifs is 1. The molecule has 0 aliphatic carbocycles. The zero-order valence-electron chi connectivity index (χ0n) is 18.4. The van der Waals surface area contributed by atoms with Crippen molar-refractivity contribution in [2.75, 3.05) is 12.4 Å². The van der Waals surface area contributed by atoms with Gasteiger partial charge in [0.1, 0.15) is 12.4 Å². The average molecular weight is 508 g/mol. The van der Waals surface area contributed by atoms with Crippen molar-refractivity contribution in [2.45, 2.75) is 11.7 Å². The van der Waals surface area contributed by atoms with Crippen LogP contribution < -0.4 is 15.3 Å². The van der Waals surface area contributed by atoms with Crippen LogP contribution >= 0.6 is 23.4 Å². The molecule has 8 nitrogen and oxygen atoms in total. The van der Waals surface area contributed by atoms with Crippen LogP contribution in [0.25, 0.3) is 11.0 Å². The minimum atomic E-state index is -1.33. The molecule has 0 bridgehead atoms. The first-order chi connectivity index (χ1) is 17.0. The Bertz CT molecular complexity index is 1370. The van der Waals surface area contributed by atoms with E-state index in [0.29, 0.717) is 28.0 Å². The Hall–Kier alpha value is -3.82. The third-order valence-corrected chi connectivity index (χ3v) is 6.09. The van der Waals surface area contributed by atoms with Gasteiger partial charge in [0.2, 0.25) is 0 Å². The van der Waals surface area contributed by atoms with Crippen molar-refractivity contribution in [3.63, 3.8) is 0 Å². The molecular formula is C25H20ClN4O4S-. The fourth-order valence-electron chi connectivity index (χ4n) is 3.28. The van der Waals surface area contributed by atoms with Gasteiger partial charge in [0.15, 0.2) is 5.16 Å². The lowest BCUT2D eigenvalue weighted by atomic mass is 10.2. The van der Waals surface area contributed by atoms with E-state index < -0.39 is 12.6 Å². The number of benzene rings is 3. The van der Waals surface area contributed by atoms with Crippen LogP contribution in [0.2, 0.25) is 5.02 Å². The number of carboxylic acids is 1. The summed E-state index contributed by atoms with van der Waals surface area (Å²) in [5.74, 6) is -1.22. The van der Waals surface area contributed by atoms with Gasteiger partial charge >= 0.3 is 0 Å². The summed E-state index contributed by atoms with van der Waals surface area (Å²) in [6.07, 6.45) is 1.39. The number of carboxylic acid groups (broad SMARTS) is 1. The third-order valence-electron chi connectivity index (χ3n) is 4.86. The lowest BCUT2D eigenvalue weighted by Gasteiger charge is -2.09. The zero-order chi connectivity index (χ0) is 24.6. The molecule has 1 aromatic heterocycles. The Balaban J connectivity index is 1.41. The molecule has 4 rings (SSSR count). The Labute approximate surface area is 210 Å². The van der Waals surface area contributed by atoms with E-state index in [-0.39, 0.29) is 11.7 Å². The number of hydrogen-bond donors (Lipinski definition) is 1. The Kier molecular flexibility index (Phi) is 8.02. The van der Waals surface area contributed by atoms with Gasteiger partial charge in [-0.2, -0.15) is 5.10 Å². The second kappa shape index (κ2) is 11.5. The maximum atomic E-state index is 12.4. The van der Waals surface area contributed by atoms with E-state index in [9.17, 15) is 14.7 Å². The molecule has 35 heavy (non-hydrogen) atoms. The lowest BCUT2D eigenvalue weighted by Crippen LogP contribution is -2.29. The number of halogens is 1. The molecule has 3 aromatic carbocycles. The number of aliphatic carboxylic acids is 1. The number of carbonyl (C=O) groups excluding carboxylic acids is 2. The molecule has 1 amide bonds. The molecule has 0 aliphatic heterocycles. The van der Waals surface area contributed by atoms with E-state index in [2.05, 4.69) is 20.1 Å². The predicted octanol–water partition coefficient (Wildman–Crippen LogP) is 3.11. The topological polar surface area (TPSA) is 109 Å². The number of hydrazone groups is 1. The number of hydrogen-bond acceptors (Lipinski definition) is 7. The van der Waals surface area contributed by atoms with Crippen molar-refractivity contribution in [3.8, 4) is 5.75 Å². The summed E-state index contributed by atoms with van der Waals surface area (Å²) in [6.45, 7) is 0.00725. The van der Waals surface area contributed by atoms with Gasteiger partial charge in [-0.25, -0.2) is 10.4 Å². The number of para-hydroxylation sites is 3. The number of ether oxygens (including phenoxy) is 1. The molecule has 0 radical (unpaired) electrons. The fraction of sp³-hybridized carbons (Fsp3) is 0.120. The van der Waals surface area contributed by atoms with Gasteiger partial charge in [-0.05, 0) is 42.0 Å². The molecule has 0 fully saturated rings. The first-order valence-corrected chi connectivity index (χ1v) is 11.9. The van der Waals surface area contributed by atoms with Crippen LogP contribution in [0.4, 0.5) is 0 Å². The van der Waals surface area contributed by atoms with Gasteiger partial charge in [0.25, 0.3) is 5.91 Å². The Morgan fingerprint density at radius 1 is 1.09 bits per heavy atom. The van der Waals surface area contributed by atoms with E-state index in [4.69, 9.17) is 16.3 Å². The van der Waals surface area contributed by atoms with E-state index in [1.807, 2.05) is 48.5 Å². The number of nitrogens with one attached hydrogen (secondary N) is 1. The number of aromatic nitrogens is 2. The highest BCUT2D eigenvalue weighted by molar-refractivity contribution is 7.99. The second-order valence-electron chi connectivity index (χ2n) is 7.38. The summed E-state index contributed by atoms with van der Waals surface area (Å²) in [7, 11) is 0. The van der Waals surface area contributed by atoms with Crippen LogP contribution in [0.15, 0.2) is 83.1 Å². The van der Waals surface area contributed by atoms with Gasteiger partial charge in [-0.1, -0.05) is 59.8 Å². The molecule has 10 heteroatoms. The van der Waals surface area contributed by atoms with Crippen LogP contribution in [0, 0.1) is 0 Å². The quantitative estimate of drug-likeness (QED) is 0.201. The van der Waals surface area contributed by atoms with Gasteiger partial charge < -0.3 is 19.2 Å². The minimum Gasteiger partial charge on any atom is -0.546 e. The van der Waals surface area contributed by atoms with Gasteiger partial charge in [-0.3, -0.25) is 4.79 Å². The average Bonchev–Trinajstić information content (AvgIpc) is 3.20. The summed E-state index contributed by atoms with van der Waals surface area (Å²) in [5.41, 5.74) is 5.87. The summed E-state index contributed by atoms with van der Waals surface area (Å²) in [4.78, 5) is 27.7. The van der Waals surface area contributed by atoms with Crippen LogP contribution in [0.3, 0.4) is 0 Å². The Morgan fingerprint density at radius 3 is 2.63 bits per heavy atom. The molecule has 0 saturated heterocycles. The summed E-state index contributed by atoms with van der Waals surface area (Å²) >= 11 is 7.32. The molecule has 1 heterocycles. The van der Waals surface area contributed by atoms with Gasteiger partial charge in [0, 0.05) is 10.6 Å². The third kappa shape index (κ3) is 6.62. The maximum absolute atomic E-state index is 12.4. The monoisotopic (exact) mass is 507 g/mol. The number of thioether (sulfide) groups is 1. The van der Waals surface area contributed by atoms with E-state index in [1.165, 1.54) is 18.0 Å². The number of carbonyl (C=O) groups is 2. The van der Waals surface area contributed by atoms with Crippen molar-refractivity contribution in [1.29, 1.82) is 0 Å². The van der Waals surface area contributed by atoms with Crippen LogP contribution in [0.1, 0.15) is 11.1 Å². The number of amides is 1.